The van der Waals surface area contributed by atoms with Crippen molar-refractivity contribution in [1.82, 2.24) is 0 Å². The summed E-state index contributed by atoms with van der Waals surface area (Å²) >= 11 is 0. The maximum absolute atomic E-state index is 6.27. The molecule has 1 spiro atoms. The van der Waals surface area contributed by atoms with Gasteiger partial charge in [0.25, 0.3) is 0 Å². The van der Waals surface area contributed by atoms with Crippen LogP contribution in [0.5, 0.6) is 0 Å². The van der Waals surface area contributed by atoms with Crippen LogP contribution in [0.1, 0.15) is 51.0 Å². The average Bonchev–Trinajstić information content (AvgIpc) is 3.41. The van der Waals surface area contributed by atoms with E-state index in [1.807, 2.05) is 0 Å². The molecule has 3 heteroatoms. The van der Waals surface area contributed by atoms with Crippen LogP contribution >= 0.6 is 0 Å². The number of fused-ring (bicyclic) bond motifs is 3. The van der Waals surface area contributed by atoms with E-state index in [2.05, 4.69) is 49.4 Å². The molecule has 1 heterocycles. The fourth-order valence-electron chi connectivity index (χ4n) is 6.19. The normalized spacial score (nSPS) is 35.6. The van der Waals surface area contributed by atoms with Crippen molar-refractivity contribution >= 4 is 0 Å². The molecule has 0 bridgehead atoms. The molecule has 1 saturated heterocycles. The van der Waals surface area contributed by atoms with Crippen LogP contribution in [-0.4, -0.2) is 25.6 Å². The molecule has 0 aromatic heterocycles. The van der Waals surface area contributed by atoms with Crippen molar-refractivity contribution in [2.24, 2.45) is 17.3 Å². The van der Waals surface area contributed by atoms with Crippen molar-refractivity contribution in [3.63, 3.8) is 0 Å². The molecule has 0 N–H and O–H groups in total. The Labute approximate surface area is 168 Å². The Hall–Kier alpha value is -1.42. The van der Waals surface area contributed by atoms with Gasteiger partial charge in [-0.25, -0.2) is 0 Å². The van der Waals surface area contributed by atoms with Gasteiger partial charge in [0.2, 0.25) is 0 Å². The summed E-state index contributed by atoms with van der Waals surface area (Å²) in [6.07, 6.45) is 11.9. The Morgan fingerprint density at radius 1 is 1.04 bits per heavy atom. The zero-order valence-corrected chi connectivity index (χ0v) is 17.0. The van der Waals surface area contributed by atoms with E-state index in [-0.39, 0.29) is 11.2 Å². The Bertz CT molecular complexity index is 759. The minimum Gasteiger partial charge on any atom is -0.372 e. The van der Waals surface area contributed by atoms with Crippen LogP contribution in [0.3, 0.4) is 0 Å². The first-order chi connectivity index (χ1) is 13.7. The third kappa shape index (κ3) is 3.08. The zero-order valence-electron chi connectivity index (χ0n) is 17.0. The van der Waals surface area contributed by atoms with Gasteiger partial charge in [-0.05, 0) is 60.6 Å². The third-order valence-corrected chi connectivity index (χ3v) is 7.73. The summed E-state index contributed by atoms with van der Waals surface area (Å²) in [5.41, 5.74) is 4.32. The van der Waals surface area contributed by atoms with Gasteiger partial charge in [-0.3, -0.25) is 0 Å². The number of hydrogen-bond donors (Lipinski definition) is 0. The highest BCUT2D eigenvalue weighted by molar-refractivity contribution is 5.38. The van der Waals surface area contributed by atoms with E-state index < -0.39 is 0 Å². The molecule has 28 heavy (non-hydrogen) atoms. The first-order valence-electron chi connectivity index (χ1n) is 11.0. The number of allylic oxidation sites excluding steroid dienone is 2. The summed E-state index contributed by atoms with van der Waals surface area (Å²) in [7, 11) is 0. The maximum atomic E-state index is 6.27. The van der Waals surface area contributed by atoms with Gasteiger partial charge in [-0.15, -0.1) is 0 Å². The van der Waals surface area contributed by atoms with Crippen LogP contribution in [0.2, 0.25) is 0 Å². The molecular weight excluding hydrogens is 348 g/mol. The molecule has 3 atom stereocenters. The topological polar surface area (TPSA) is 27.7 Å². The highest BCUT2D eigenvalue weighted by Gasteiger charge is 2.61. The van der Waals surface area contributed by atoms with Crippen molar-refractivity contribution in [3.8, 4) is 0 Å². The predicted molar refractivity (Wildman–Crippen MR) is 110 cm³/mol. The minimum atomic E-state index is -0.333. The van der Waals surface area contributed by atoms with Crippen molar-refractivity contribution in [2.75, 3.05) is 19.8 Å². The molecule has 3 aliphatic carbocycles. The second-order valence-corrected chi connectivity index (χ2v) is 9.18. The van der Waals surface area contributed by atoms with Gasteiger partial charge < -0.3 is 14.2 Å². The molecular formula is C25H32O3. The van der Waals surface area contributed by atoms with E-state index in [0.29, 0.717) is 18.4 Å². The Morgan fingerprint density at radius 3 is 2.68 bits per heavy atom. The molecule has 1 aromatic carbocycles. The van der Waals surface area contributed by atoms with Crippen LogP contribution in [0, 0.1) is 17.3 Å². The highest BCUT2D eigenvalue weighted by atomic mass is 16.7. The molecule has 5 rings (SSSR count). The smallest absolute Gasteiger partial charge is 0.174 e. The Balaban J connectivity index is 1.35. The van der Waals surface area contributed by atoms with Gasteiger partial charge in [-0.2, -0.15) is 0 Å². The molecule has 150 valence electrons. The van der Waals surface area contributed by atoms with Crippen molar-refractivity contribution in [3.05, 3.63) is 59.2 Å². The van der Waals surface area contributed by atoms with Gasteiger partial charge in [0.15, 0.2) is 5.79 Å². The lowest BCUT2D eigenvalue weighted by Gasteiger charge is -2.45. The number of benzene rings is 1. The summed E-state index contributed by atoms with van der Waals surface area (Å²) in [4.78, 5) is 0. The van der Waals surface area contributed by atoms with Crippen LogP contribution in [0.15, 0.2) is 53.6 Å². The molecule has 1 unspecified atom stereocenters. The average molecular weight is 381 g/mol. The lowest BCUT2D eigenvalue weighted by molar-refractivity contribution is -0.229. The van der Waals surface area contributed by atoms with Gasteiger partial charge in [-0.1, -0.05) is 49.4 Å². The summed E-state index contributed by atoms with van der Waals surface area (Å²) in [5, 5.41) is 0. The molecule has 0 radical (unpaired) electrons. The third-order valence-electron chi connectivity index (χ3n) is 7.73. The summed E-state index contributed by atoms with van der Waals surface area (Å²) in [6.45, 7) is 5.35. The van der Waals surface area contributed by atoms with E-state index in [9.17, 15) is 0 Å². The monoisotopic (exact) mass is 380 g/mol. The first-order valence-corrected chi connectivity index (χ1v) is 11.0. The van der Waals surface area contributed by atoms with Gasteiger partial charge in [0.05, 0.1) is 26.4 Å². The summed E-state index contributed by atoms with van der Waals surface area (Å²) in [6, 6.07) is 10.5. The molecule has 4 aliphatic rings. The van der Waals surface area contributed by atoms with E-state index >= 15 is 0 Å². The van der Waals surface area contributed by atoms with Crippen molar-refractivity contribution in [2.45, 2.75) is 57.8 Å². The lowest BCUT2D eigenvalue weighted by atomic mass is 9.66. The van der Waals surface area contributed by atoms with Crippen LogP contribution < -0.4 is 0 Å². The fourth-order valence-corrected chi connectivity index (χ4v) is 6.19. The quantitative estimate of drug-likeness (QED) is 0.698. The summed E-state index contributed by atoms with van der Waals surface area (Å²) in [5.74, 6) is 0.916. The van der Waals surface area contributed by atoms with E-state index in [4.69, 9.17) is 14.2 Å². The molecule has 3 nitrogen and oxygen atoms in total. The van der Waals surface area contributed by atoms with E-state index in [0.717, 1.165) is 32.7 Å². The van der Waals surface area contributed by atoms with E-state index in [1.165, 1.54) is 42.4 Å². The maximum Gasteiger partial charge on any atom is 0.174 e. The second kappa shape index (κ2) is 7.44. The SMILES string of the molecule is C[C@@]12CC3CCC=C3/C(COCc3ccccc3)=C\C[C@H]1CCC21OCCO1. The molecule has 1 aliphatic heterocycles. The number of hydrogen-bond acceptors (Lipinski definition) is 3. The Kier molecular flexibility index (Phi) is 4.94. The largest absolute Gasteiger partial charge is 0.372 e. The van der Waals surface area contributed by atoms with Gasteiger partial charge >= 0.3 is 0 Å². The highest BCUT2D eigenvalue weighted by Crippen LogP contribution is 2.61. The van der Waals surface area contributed by atoms with Crippen molar-refractivity contribution < 1.29 is 14.2 Å². The van der Waals surface area contributed by atoms with Crippen LogP contribution in [0.25, 0.3) is 0 Å². The zero-order chi connectivity index (χ0) is 19.0. The molecule has 1 aromatic rings. The van der Waals surface area contributed by atoms with E-state index in [1.54, 1.807) is 0 Å². The number of ether oxygens (including phenoxy) is 3. The second-order valence-electron chi connectivity index (χ2n) is 9.18. The molecule has 1 saturated carbocycles. The first kappa shape index (κ1) is 18.6. The Morgan fingerprint density at radius 2 is 1.86 bits per heavy atom. The van der Waals surface area contributed by atoms with Gasteiger partial charge in [0, 0.05) is 11.8 Å². The standard InChI is InChI=1S/C25H32O3/c1-24-16-20-8-5-9-23(20)21(18-26-17-19-6-3-2-4-7-19)10-11-22(24)12-13-25(24)27-14-15-28-25/h2-4,6-7,9-10,20,22H,5,8,11-18H2,1H3/b21-10-/t20?,22-,24+/m0/s1. The molecule has 0 amide bonds. The molecule has 2 fully saturated rings. The van der Waals surface area contributed by atoms with Crippen molar-refractivity contribution in [1.29, 1.82) is 0 Å². The minimum absolute atomic E-state index is 0.116. The fraction of sp³-hybridized carbons (Fsp3) is 0.600. The van der Waals surface area contributed by atoms with Gasteiger partial charge in [0.1, 0.15) is 0 Å². The predicted octanol–water partition coefficient (Wildman–Crippen LogP) is 5.42. The van der Waals surface area contributed by atoms with Crippen LogP contribution in [0.4, 0.5) is 0 Å². The summed E-state index contributed by atoms with van der Waals surface area (Å²) < 4.78 is 18.7. The lowest BCUT2D eigenvalue weighted by Crippen LogP contribution is -2.47. The van der Waals surface area contributed by atoms with Crippen LogP contribution in [-0.2, 0) is 20.8 Å². The number of rotatable bonds is 4.